The maximum Gasteiger partial charge on any atom is 0.284 e. The summed E-state index contributed by atoms with van der Waals surface area (Å²) in [6.07, 6.45) is 3.59. The third-order valence-electron chi connectivity index (χ3n) is 4.91. The maximum atomic E-state index is 12.9. The molecule has 2 heterocycles. The van der Waals surface area contributed by atoms with Crippen LogP contribution in [0.15, 0.2) is 39.1 Å². The first-order chi connectivity index (χ1) is 14.8. The monoisotopic (exact) mass is 443 g/mol. The molecule has 1 unspecified atom stereocenters. The van der Waals surface area contributed by atoms with Gasteiger partial charge in [0.15, 0.2) is 11.0 Å². The van der Waals surface area contributed by atoms with Crippen LogP contribution in [0.1, 0.15) is 60.7 Å². The molecule has 3 aromatic rings. The number of nitrogens with one attached hydrogen (secondary N) is 1. The number of amides is 1. The lowest BCUT2D eigenvalue weighted by atomic mass is 10.0. The Morgan fingerprint density at radius 3 is 2.77 bits per heavy atom. The molecule has 0 aliphatic heterocycles. The summed E-state index contributed by atoms with van der Waals surface area (Å²) in [6.45, 7) is 3.85. The van der Waals surface area contributed by atoms with E-state index in [-0.39, 0.29) is 17.2 Å². The second-order valence-corrected chi connectivity index (χ2v) is 8.74. The number of carbonyl (C=O) groups is 1. The van der Waals surface area contributed by atoms with Gasteiger partial charge in [-0.1, -0.05) is 19.0 Å². The Bertz CT molecular complexity index is 1120. The predicted octanol–water partition coefficient (Wildman–Crippen LogP) is 3.26. The van der Waals surface area contributed by atoms with E-state index in [1.807, 2.05) is 13.8 Å². The van der Waals surface area contributed by atoms with Gasteiger partial charge in [0.05, 0.1) is 9.82 Å². The highest BCUT2D eigenvalue weighted by Gasteiger charge is 2.32. The third kappa shape index (κ3) is 4.58. The summed E-state index contributed by atoms with van der Waals surface area (Å²) >= 11 is 1.11. The van der Waals surface area contributed by atoms with Crippen molar-refractivity contribution in [1.29, 1.82) is 0 Å². The number of aryl methyl sites for hydroxylation is 1. The molecule has 0 spiro atoms. The number of nitrogens with zero attached hydrogens (tertiary/aromatic N) is 6. The van der Waals surface area contributed by atoms with E-state index in [9.17, 15) is 14.9 Å². The second-order valence-electron chi connectivity index (χ2n) is 7.73. The van der Waals surface area contributed by atoms with Crippen molar-refractivity contribution in [2.45, 2.75) is 48.7 Å². The van der Waals surface area contributed by atoms with E-state index in [1.54, 1.807) is 17.7 Å². The Morgan fingerprint density at radius 2 is 2.16 bits per heavy atom. The molecule has 1 aromatic carbocycles. The van der Waals surface area contributed by atoms with Crippen LogP contribution in [0.3, 0.4) is 0 Å². The lowest BCUT2D eigenvalue weighted by Gasteiger charge is -2.18. The average Bonchev–Trinajstić information content (AvgIpc) is 3.34. The third-order valence-corrected chi connectivity index (χ3v) is 6.03. The minimum atomic E-state index is -0.519. The van der Waals surface area contributed by atoms with Crippen molar-refractivity contribution in [1.82, 2.24) is 30.2 Å². The summed E-state index contributed by atoms with van der Waals surface area (Å²) in [5.41, 5.74) is -0.0165. The van der Waals surface area contributed by atoms with Crippen LogP contribution in [-0.4, -0.2) is 35.7 Å². The van der Waals surface area contributed by atoms with Gasteiger partial charge in [-0.2, -0.15) is 4.98 Å². The van der Waals surface area contributed by atoms with Crippen LogP contribution in [0.2, 0.25) is 0 Å². The molecule has 31 heavy (non-hydrogen) atoms. The molecule has 162 valence electrons. The van der Waals surface area contributed by atoms with Crippen LogP contribution in [0.25, 0.3) is 0 Å². The van der Waals surface area contributed by atoms with E-state index in [0.29, 0.717) is 27.7 Å². The van der Waals surface area contributed by atoms with Gasteiger partial charge < -0.3 is 14.4 Å². The fraction of sp³-hybridized carbons (Fsp3) is 0.421. The van der Waals surface area contributed by atoms with Gasteiger partial charge in [0.25, 0.3) is 11.6 Å². The highest BCUT2D eigenvalue weighted by atomic mass is 32.2. The molecule has 1 fully saturated rings. The summed E-state index contributed by atoms with van der Waals surface area (Å²) in [5, 5.41) is 26.7. The molecule has 1 N–H and O–H groups in total. The zero-order valence-electron chi connectivity index (χ0n) is 17.2. The molecule has 11 nitrogen and oxygen atoms in total. The number of hydrogen-bond acceptors (Lipinski definition) is 9. The molecule has 4 rings (SSSR count). The smallest absolute Gasteiger partial charge is 0.284 e. The van der Waals surface area contributed by atoms with E-state index >= 15 is 0 Å². The Morgan fingerprint density at radius 1 is 1.39 bits per heavy atom. The molecule has 1 amide bonds. The summed E-state index contributed by atoms with van der Waals surface area (Å²) in [4.78, 5) is 28.8. The van der Waals surface area contributed by atoms with Gasteiger partial charge in [0.2, 0.25) is 5.89 Å². The topological polar surface area (TPSA) is 142 Å². The second kappa shape index (κ2) is 8.46. The first-order valence-electron chi connectivity index (χ1n) is 9.78. The zero-order chi connectivity index (χ0) is 22.1. The number of hydrogen-bond donors (Lipinski definition) is 1. The molecular formula is C19H21N7O4S. The van der Waals surface area contributed by atoms with Crippen LogP contribution >= 0.6 is 11.8 Å². The molecule has 12 heteroatoms. The van der Waals surface area contributed by atoms with E-state index in [0.717, 1.165) is 24.6 Å². The quantitative estimate of drug-likeness (QED) is 0.410. The number of benzene rings is 1. The van der Waals surface area contributed by atoms with E-state index in [2.05, 4.69) is 25.7 Å². The number of rotatable bonds is 8. The molecule has 1 aliphatic carbocycles. The summed E-state index contributed by atoms with van der Waals surface area (Å²) in [7, 11) is 1.74. The highest BCUT2D eigenvalue weighted by molar-refractivity contribution is 7.99. The predicted molar refractivity (Wildman–Crippen MR) is 110 cm³/mol. The number of nitro groups is 1. The van der Waals surface area contributed by atoms with Crippen LogP contribution in [-0.2, 0) is 7.05 Å². The Kier molecular flexibility index (Phi) is 5.72. The summed E-state index contributed by atoms with van der Waals surface area (Å²) < 4.78 is 7.03. The van der Waals surface area contributed by atoms with Gasteiger partial charge in [-0.3, -0.25) is 14.9 Å². The van der Waals surface area contributed by atoms with Crippen molar-refractivity contribution in [3.8, 4) is 0 Å². The Labute approximate surface area is 181 Å². The van der Waals surface area contributed by atoms with Gasteiger partial charge >= 0.3 is 0 Å². The molecule has 2 aromatic heterocycles. The lowest BCUT2D eigenvalue weighted by Crippen LogP contribution is -2.32. The first-order valence-corrected chi connectivity index (χ1v) is 10.6. The van der Waals surface area contributed by atoms with Gasteiger partial charge in [0.1, 0.15) is 12.4 Å². The van der Waals surface area contributed by atoms with Crippen LogP contribution < -0.4 is 5.32 Å². The van der Waals surface area contributed by atoms with Gasteiger partial charge in [-0.25, -0.2) is 0 Å². The maximum absolute atomic E-state index is 12.9. The molecule has 0 bridgehead atoms. The van der Waals surface area contributed by atoms with E-state index in [1.165, 1.54) is 18.5 Å². The average molecular weight is 443 g/mol. The lowest BCUT2D eigenvalue weighted by molar-refractivity contribution is -0.387. The standard InChI is InChI=1S/C19H21N7O4S/c1-10(2)15(18-22-16(24-30-18)11-4-5-11)21-17(27)12-6-7-14(13(8-12)26(28)29)31-19-23-20-9-25(19)3/h6-11,15H,4-5H2,1-3H3,(H,21,27). The van der Waals surface area contributed by atoms with Crippen molar-refractivity contribution in [3.63, 3.8) is 0 Å². The Balaban J connectivity index is 1.55. The van der Waals surface area contributed by atoms with Crippen molar-refractivity contribution < 1.29 is 14.2 Å². The highest BCUT2D eigenvalue weighted by Crippen LogP contribution is 2.39. The Hall–Kier alpha value is -3.28. The van der Waals surface area contributed by atoms with Crippen LogP contribution in [0, 0.1) is 16.0 Å². The van der Waals surface area contributed by atoms with Gasteiger partial charge in [-0.05, 0) is 42.7 Å². The van der Waals surface area contributed by atoms with Crippen molar-refractivity contribution >= 4 is 23.4 Å². The fourth-order valence-corrected chi connectivity index (χ4v) is 3.82. The van der Waals surface area contributed by atoms with E-state index < -0.39 is 16.9 Å². The van der Waals surface area contributed by atoms with Gasteiger partial charge in [0, 0.05) is 24.6 Å². The molecule has 1 aliphatic rings. The number of carbonyl (C=O) groups excluding carboxylic acids is 1. The summed E-state index contributed by atoms with van der Waals surface area (Å²) in [5.74, 6) is 0.868. The van der Waals surface area contributed by atoms with Crippen molar-refractivity contribution in [3.05, 3.63) is 51.9 Å². The number of nitro benzene ring substituents is 1. The normalized spacial score (nSPS) is 14.6. The molecule has 0 saturated heterocycles. The zero-order valence-corrected chi connectivity index (χ0v) is 18.0. The SMILES string of the molecule is CC(C)C(NC(=O)c1ccc(Sc2nncn2C)c([N+](=O)[O-])c1)c1nc(C2CC2)no1. The minimum Gasteiger partial charge on any atom is -0.340 e. The van der Waals surface area contributed by atoms with E-state index in [4.69, 9.17) is 4.52 Å². The number of aromatic nitrogens is 5. The largest absolute Gasteiger partial charge is 0.340 e. The molecule has 0 radical (unpaired) electrons. The molecule has 1 atom stereocenters. The van der Waals surface area contributed by atoms with Gasteiger partial charge in [-0.15, -0.1) is 10.2 Å². The van der Waals surface area contributed by atoms with Crippen LogP contribution in [0.5, 0.6) is 0 Å². The first kappa shape index (κ1) is 21.0. The van der Waals surface area contributed by atoms with Crippen LogP contribution in [0.4, 0.5) is 5.69 Å². The van der Waals surface area contributed by atoms with Crippen molar-refractivity contribution in [2.24, 2.45) is 13.0 Å². The molecule has 1 saturated carbocycles. The van der Waals surface area contributed by atoms with Crippen molar-refractivity contribution in [2.75, 3.05) is 0 Å². The fourth-order valence-electron chi connectivity index (χ4n) is 2.97. The summed E-state index contributed by atoms with van der Waals surface area (Å²) in [6, 6.07) is 3.84. The minimum absolute atomic E-state index is 0.0165. The molecular weight excluding hydrogens is 422 g/mol.